The molecule has 1 aromatic carbocycles. The molecule has 1 fully saturated rings. The van der Waals surface area contributed by atoms with Crippen LogP contribution in [0.5, 0.6) is 0 Å². The Hall–Kier alpha value is -2.17. The van der Waals surface area contributed by atoms with Crippen LogP contribution in [0.2, 0.25) is 0 Å². The van der Waals surface area contributed by atoms with Gasteiger partial charge in [-0.2, -0.15) is 5.10 Å². The van der Waals surface area contributed by atoms with E-state index in [1.54, 1.807) is 0 Å². The first kappa shape index (κ1) is 20.1. The summed E-state index contributed by atoms with van der Waals surface area (Å²) < 4.78 is 4.96. The number of carbonyl (C=O) groups is 2. The van der Waals surface area contributed by atoms with E-state index in [4.69, 9.17) is 4.74 Å². The number of nitrogens with one attached hydrogen (secondary N) is 1. The third-order valence-electron chi connectivity index (χ3n) is 5.03. The van der Waals surface area contributed by atoms with Crippen molar-refractivity contribution in [1.82, 2.24) is 5.43 Å². The maximum atomic E-state index is 12.1. The number of nitrogens with zero attached hydrogens (tertiary/aromatic N) is 1. The molecule has 1 N–H and O–H groups in total. The molecule has 1 saturated carbocycles. The Morgan fingerprint density at radius 3 is 2.65 bits per heavy atom. The van der Waals surface area contributed by atoms with Crippen molar-refractivity contribution in [3.63, 3.8) is 0 Å². The Balaban J connectivity index is 1.96. The fraction of sp³-hybridized carbons (Fsp3) is 0.571. The van der Waals surface area contributed by atoms with Gasteiger partial charge in [-0.15, -0.1) is 0 Å². The monoisotopic (exact) mass is 358 g/mol. The average Bonchev–Trinajstić information content (AvgIpc) is 3.06. The summed E-state index contributed by atoms with van der Waals surface area (Å²) in [6.45, 7) is 2.18. The van der Waals surface area contributed by atoms with E-state index >= 15 is 0 Å². The van der Waals surface area contributed by atoms with Crippen molar-refractivity contribution in [3.05, 3.63) is 35.9 Å². The minimum absolute atomic E-state index is 0.0799. The fourth-order valence-electron chi connectivity index (χ4n) is 3.61. The van der Waals surface area contributed by atoms with Gasteiger partial charge >= 0.3 is 5.97 Å². The second-order valence-corrected chi connectivity index (χ2v) is 6.92. The van der Waals surface area contributed by atoms with Gasteiger partial charge in [0.15, 0.2) is 0 Å². The summed E-state index contributed by atoms with van der Waals surface area (Å²) in [4.78, 5) is 24.2. The Morgan fingerprint density at radius 2 is 1.96 bits per heavy atom. The van der Waals surface area contributed by atoms with Gasteiger partial charge in [-0.1, -0.05) is 62.9 Å². The zero-order chi connectivity index (χ0) is 18.8. The number of rotatable bonds is 9. The number of amides is 1. The predicted molar refractivity (Wildman–Crippen MR) is 103 cm³/mol. The third kappa shape index (κ3) is 5.97. The van der Waals surface area contributed by atoms with Crippen LogP contribution < -0.4 is 5.43 Å². The van der Waals surface area contributed by atoms with Gasteiger partial charge in [0, 0.05) is 11.6 Å². The van der Waals surface area contributed by atoms with Gasteiger partial charge in [-0.25, -0.2) is 5.43 Å². The Kier molecular flexibility index (Phi) is 8.32. The predicted octanol–water partition coefficient (Wildman–Crippen LogP) is 3.87. The molecular formula is C21H30N2O3. The van der Waals surface area contributed by atoms with Crippen LogP contribution in [0.4, 0.5) is 0 Å². The molecule has 1 aliphatic rings. The van der Waals surface area contributed by atoms with Crippen LogP contribution >= 0.6 is 0 Å². The van der Waals surface area contributed by atoms with E-state index in [0.29, 0.717) is 6.42 Å². The summed E-state index contributed by atoms with van der Waals surface area (Å²) in [5.41, 5.74) is 4.57. The highest BCUT2D eigenvalue weighted by Crippen LogP contribution is 2.34. The van der Waals surface area contributed by atoms with Crippen LogP contribution in [0, 0.1) is 11.8 Å². The Bertz CT molecular complexity index is 613. The van der Waals surface area contributed by atoms with E-state index in [1.165, 1.54) is 20.0 Å². The number of unbranched alkanes of at least 4 members (excludes halogenated alkanes) is 3. The molecule has 0 bridgehead atoms. The second-order valence-electron chi connectivity index (χ2n) is 6.92. The van der Waals surface area contributed by atoms with Crippen LogP contribution in [0.3, 0.4) is 0 Å². The molecule has 26 heavy (non-hydrogen) atoms. The number of methoxy groups -OCH3 is 1. The molecule has 0 aliphatic heterocycles. The first-order valence-electron chi connectivity index (χ1n) is 9.62. The molecular weight excluding hydrogens is 328 g/mol. The van der Waals surface area contributed by atoms with E-state index in [9.17, 15) is 9.59 Å². The van der Waals surface area contributed by atoms with Gasteiger partial charge in [-0.3, -0.25) is 9.59 Å². The van der Waals surface area contributed by atoms with Crippen LogP contribution in [0.1, 0.15) is 57.4 Å². The number of hydrogen-bond acceptors (Lipinski definition) is 4. The summed E-state index contributed by atoms with van der Waals surface area (Å²) in [7, 11) is 1.44. The molecule has 5 heteroatoms. The lowest BCUT2D eigenvalue weighted by Crippen LogP contribution is -2.27. The van der Waals surface area contributed by atoms with Crippen molar-refractivity contribution in [2.24, 2.45) is 16.9 Å². The van der Waals surface area contributed by atoms with E-state index in [2.05, 4.69) is 17.5 Å². The van der Waals surface area contributed by atoms with E-state index < -0.39 is 0 Å². The number of hydrazone groups is 1. The molecule has 0 heterocycles. The fourth-order valence-corrected chi connectivity index (χ4v) is 3.61. The largest absolute Gasteiger partial charge is 0.469 e. The lowest BCUT2D eigenvalue weighted by molar-refractivity contribution is -0.146. The summed E-state index contributed by atoms with van der Waals surface area (Å²) in [6.07, 6.45) is 7.34. The van der Waals surface area contributed by atoms with Gasteiger partial charge < -0.3 is 4.74 Å². The molecule has 0 unspecified atom stereocenters. The van der Waals surface area contributed by atoms with E-state index in [-0.39, 0.29) is 23.7 Å². The Morgan fingerprint density at radius 1 is 1.19 bits per heavy atom. The quantitative estimate of drug-likeness (QED) is 0.414. The summed E-state index contributed by atoms with van der Waals surface area (Å²) >= 11 is 0. The lowest BCUT2D eigenvalue weighted by atomic mass is 9.89. The van der Waals surface area contributed by atoms with Gasteiger partial charge in [0.2, 0.25) is 5.91 Å². The minimum atomic E-state index is -0.161. The van der Waals surface area contributed by atoms with Crippen molar-refractivity contribution in [2.45, 2.75) is 58.3 Å². The van der Waals surface area contributed by atoms with Crippen LogP contribution in [-0.4, -0.2) is 24.7 Å². The van der Waals surface area contributed by atoms with Gasteiger partial charge in [-0.05, 0) is 24.8 Å². The van der Waals surface area contributed by atoms with Crippen LogP contribution in [-0.2, 0) is 20.7 Å². The highest BCUT2D eigenvalue weighted by atomic mass is 16.5. The maximum Gasteiger partial charge on any atom is 0.309 e. The van der Waals surface area contributed by atoms with E-state index in [0.717, 1.165) is 43.4 Å². The van der Waals surface area contributed by atoms with Crippen LogP contribution in [0.25, 0.3) is 0 Å². The van der Waals surface area contributed by atoms with Gasteiger partial charge in [0.25, 0.3) is 0 Å². The summed E-state index contributed by atoms with van der Waals surface area (Å²) in [5.74, 6) is -0.344. The molecule has 0 aromatic heterocycles. The molecule has 142 valence electrons. The zero-order valence-electron chi connectivity index (χ0n) is 15.9. The third-order valence-corrected chi connectivity index (χ3v) is 5.03. The zero-order valence-corrected chi connectivity index (χ0v) is 15.9. The van der Waals surface area contributed by atoms with Gasteiger partial charge in [0.1, 0.15) is 0 Å². The van der Waals surface area contributed by atoms with Crippen molar-refractivity contribution in [2.75, 3.05) is 7.11 Å². The van der Waals surface area contributed by atoms with Crippen LogP contribution in [0.15, 0.2) is 35.4 Å². The first-order valence-corrected chi connectivity index (χ1v) is 9.62. The van der Waals surface area contributed by atoms with Crippen molar-refractivity contribution < 1.29 is 14.3 Å². The molecule has 0 saturated heterocycles. The SMILES string of the molecule is CCCCCC[C@@H]1/C(=N/NC(=O)Cc2ccccc2)CC[C@@H]1C(=O)OC. The van der Waals surface area contributed by atoms with Crippen molar-refractivity contribution in [1.29, 1.82) is 0 Å². The van der Waals surface area contributed by atoms with E-state index in [1.807, 2.05) is 30.3 Å². The highest BCUT2D eigenvalue weighted by Gasteiger charge is 2.38. The lowest BCUT2D eigenvalue weighted by Gasteiger charge is -2.18. The molecule has 2 atom stereocenters. The molecule has 0 radical (unpaired) electrons. The standard InChI is InChI=1S/C21H30N2O3/c1-3-4-5-9-12-17-18(21(25)26-2)13-14-19(17)22-23-20(24)15-16-10-7-6-8-11-16/h6-8,10-11,17-18H,3-5,9,12-15H2,1-2H3,(H,23,24)/b22-19+/t17-,18-/m0/s1. The molecule has 1 aromatic rings. The minimum Gasteiger partial charge on any atom is -0.469 e. The van der Waals surface area contributed by atoms with Gasteiger partial charge in [0.05, 0.1) is 19.4 Å². The van der Waals surface area contributed by atoms with Crippen molar-refractivity contribution in [3.8, 4) is 0 Å². The first-order chi connectivity index (χ1) is 12.7. The normalized spacial score (nSPS) is 20.9. The smallest absolute Gasteiger partial charge is 0.309 e. The number of ether oxygens (including phenoxy) is 1. The molecule has 2 rings (SSSR count). The summed E-state index contributed by atoms with van der Waals surface area (Å²) in [6, 6.07) is 9.60. The molecule has 5 nitrogen and oxygen atoms in total. The maximum absolute atomic E-state index is 12.1. The second kappa shape index (κ2) is 10.7. The highest BCUT2D eigenvalue weighted by molar-refractivity contribution is 5.94. The summed E-state index contributed by atoms with van der Waals surface area (Å²) in [5, 5.41) is 4.38. The number of hydrogen-bond donors (Lipinski definition) is 1. The molecule has 1 aliphatic carbocycles. The number of esters is 1. The molecule has 1 amide bonds. The number of carbonyl (C=O) groups excluding carboxylic acids is 2. The Labute approximate surface area is 156 Å². The van der Waals surface area contributed by atoms with Crippen molar-refractivity contribution >= 4 is 17.6 Å². The number of benzene rings is 1. The average molecular weight is 358 g/mol. The molecule has 0 spiro atoms. The topological polar surface area (TPSA) is 67.8 Å².